The molecule has 4 heteroatoms. The maximum absolute atomic E-state index is 13.7. The lowest BCUT2D eigenvalue weighted by Gasteiger charge is -2.40. The van der Waals surface area contributed by atoms with Gasteiger partial charge in [-0.05, 0) is 52.4 Å². The summed E-state index contributed by atoms with van der Waals surface area (Å²) in [7, 11) is 0. The molecular formula is C32H27NO3. The van der Waals surface area contributed by atoms with Crippen LogP contribution in [0.2, 0.25) is 0 Å². The van der Waals surface area contributed by atoms with E-state index in [-0.39, 0.29) is 11.2 Å². The fourth-order valence-electron chi connectivity index (χ4n) is 5.62. The topological polar surface area (TPSA) is 55.4 Å². The number of fused-ring (bicyclic) bond motifs is 4. The number of benzene rings is 4. The number of rotatable bonds is 3. The van der Waals surface area contributed by atoms with Crippen LogP contribution in [-0.2, 0) is 4.79 Å². The average molecular weight is 474 g/mol. The SMILES string of the molecule is CC1(C)CC(=O)C2=C(C1)c1c(ccc3ccccc13)N[C@H]2c1ccccc1OC(=O)c1ccccc1. The Labute approximate surface area is 210 Å². The van der Waals surface area contributed by atoms with Crippen LogP contribution in [0.3, 0.4) is 0 Å². The number of carbonyl (C=O) groups excluding carboxylic acids is 2. The second-order valence-electron chi connectivity index (χ2n) is 10.4. The van der Waals surface area contributed by atoms with Gasteiger partial charge in [0.25, 0.3) is 0 Å². The number of carbonyl (C=O) groups is 2. The zero-order valence-electron chi connectivity index (χ0n) is 20.4. The van der Waals surface area contributed by atoms with Gasteiger partial charge in [0, 0.05) is 28.8 Å². The molecule has 4 aromatic carbocycles. The van der Waals surface area contributed by atoms with Crippen molar-refractivity contribution < 1.29 is 14.3 Å². The summed E-state index contributed by atoms with van der Waals surface area (Å²) in [5, 5.41) is 5.94. The van der Waals surface area contributed by atoms with E-state index in [0.717, 1.165) is 45.2 Å². The molecular weight excluding hydrogens is 446 g/mol. The number of hydrogen-bond donors (Lipinski definition) is 1. The minimum absolute atomic E-state index is 0.134. The number of hydrogen-bond acceptors (Lipinski definition) is 4. The molecule has 0 aromatic heterocycles. The lowest BCUT2D eigenvalue weighted by molar-refractivity contribution is -0.118. The Kier molecular flexibility index (Phi) is 5.26. The molecule has 4 nitrogen and oxygen atoms in total. The molecule has 1 atom stereocenters. The molecule has 178 valence electrons. The smallest absolute Gasteiger partial charge is 0.343 e. The molecule has 1 N–H and O–H groups in total. The van der Waals surface area contributed by atoms with Crippen molar-refractivity contribution in [3.8, 4) is 5.75 Å². The fourth-order valence-corrected chi connectivity index (χ4v) is 5.62. The highest BCUT2D eigenvalue weighted by atomic mass is 16.5. The van der Waals surface area contributed by atoms with E-state index >= 15 is 0 Å². The summed E-state index contributed by atoms with van der Waals surface area (Å²) in [6.07, 6.45) is 1.29. The zero-order chi connectivity index (χ0) is 24.9. The first-order valence-corrected chi connectivity index (χ1v) is 12.3. The summed E-state index contributed by atoms with van der Waals surface area (Å²) in [6.45, 7) is 4.32. The van der Waals surface area contributed by atoms with E-state index in [2.05, 4.69) is 43.4 Å². The third-order valence-electron chi connectivity index (χ3n) is 7.18. The van der Waals surface area contributed by atoms with Crippen molar-refractivity contribution in [2.45, 2.75) is 32.7 Å². The number of anilines is 1. The largest absolute Gasteiger partial charge is 0.423 e. The zero-order valence-corrected chi connectivity index (χ0v) is 20.4. The Morgan fingerprint density at radius 2 is 1.58 bits per heavy atom. The molecule has 4 aromatic rings. The third-order valence-corrected chi connectivity index (χ3v) is 7.18. The van der Waals surface area contributed by atoms with Crippen LogP contribution in [0.4, 0.5) is 5.69 Å². The van der Waals surface area contributed by atoms with Crippen LogP contribution in [0.1, 0.15) is 54.2 Å². The first-order chi connectivity index (χ1) is 17.4. The molecule has 0 fully saturated rings. The minimum atomic E-state index is -0.421. The van der Waals surface area contributed by atoms with Gasteiger partial charge >= 0.3 is 5.97 Å². The number of para-hydroxylation sites is 1. The highest BCUT2D eigenvalue weighted by Crippen LogP contribution is 2.52. The number of ketones is 1. The quantitative estimate of drug-likeness (QED) is 0.249. The van der Waals surface area contributed by atoms with E-state index < -0.39 is 12.0 Å². The van der Waals surface area contributed by atoms with Crippen LogP contribution in [0.5, 0.6) is 5.75 Å². The molecule has 2 aliphatic rings. The van der Waals surface area contributed by atoms with Gasteiger partial charge in [0.05, 0.1) is 11.6 Å². The highest BCUT2D eigenvalue weighted by molar-refractivity contribution is 6.13. The summed E-state index contributed by atoms with van der Waals surface area (Å²) < 4.78 is 5.89. The maximum atomic E-state index is 13.7. The van der Waals surface area contributed by atoms with E-state index in [1.807, 2.05) is 48.5 Å². The molecule has 0 spiro atoms. The van der Waals surface area contributed by atoms with Crippen LogP contribution in [0.25, 0.3) is 16.3 Å². The first kappa shape index (κ1) is 22.3. The van der Waals surface area contributed by atoms with Crippen molar-refractivity contribution in [1.29, 1.82) is 0 Å². The van der Waals surface area contributed by atoms with Crippen LogP contribution in [-0.4, -0.2) is 11.8 Å². The van der Waals surface area contributed by atoms with Crippen molar-refractivity contribution in [3.63, 3.8) is 0 Å². The molecule has 0 amide bonds. The van der Waals surface area contributed by atoms with Crippen LogP contribution in [0.15, 0.2) is 96.6 Å². The lowest BCUT2D eigenvalue weighted by Crippen LogP contribution is -2.33. The predicted octanol–water partition coefficient (Wildman–Crippen LogP) is 7.37. The molecule has 0 saturated carbocycles. The Balaban J connectivity index is 1.51. The Morgan fingerprint density at radius 3 is 2.42 bits per heavy atom. The summed E-state index contributed by atoms with van der Waals surface area (Å²) in [4.78, 5) is 26.6. The normalized spacial score (nSPS) is 18.3. The van der Waals surface area contributed by atoms with E-state index in [1.165, 1.54) is 0 Å². The number of Topliss-reactive ketones (excluding diaryl/α,β-unsaturated/α-hetero) is 1. The van der Waals surface area contributed by atoms with Crippen molar-refractivity contribution in [2.24, 2.45) is 5.41 Å². The van der Waals surface area contributed by atoms with Gasteiger partial charge in [0.15, 0.2) is 5.78 Å². The number of esters is 1. The second-order valence-corrected chi connectivity index (χ2v) is 10.4. The van der Waals surface area contributed by atoms with Gasteiger partial charge in [-0.2, -0.15) is 0 Å². The van der Waals surface area contributed by atoms with Crippen LogP contribution in [0, 0.1) is 5.41 Å². The molecule has 6 rings (SSSR count). The predicted molar refractivity (Wildman–Crippen MR) is 143 cm³/mol. The third kappa shape index (κ3) is 3.79. The maximum Gasteiger partial charge on any atom is 0.343 e. The number of nitrogens with one attached hydrogen (secondary N) is 1. The monoisotopic (exact) mass is 473 g/mol. The van der Waals surface area contributed by atoms with Gasteiger partial charge in [0.2, 0.25) is 0 Å². The second kappa shape index (κ2) is 8.49. The fraction of sp³-hybridized carbons (Fsp3) is 0.188. The Hall–Kier alpha value is -4.18. The Morgan fingerprint density at radius 1 is 0.861 bits per heavy atom. The Bertz CT molecular complexity index is 1550. The van der Waals surface area contributed by atoms with Gasteiger partial charge in [-0.1, -0.05) is 80.6 Å². The van der Waals surface area contributed by atoms with Gasteiger partial charge < -0.3 is 10.1 Å². The van der Waals surface area contributed by atoms with Gasteiger partial charge in [-0.25, -0.2) is 4.79 Å². The number of ether oxygens (including phenoxy) is 1. The summed E-state index contributed by atoms with van der Waals surface area (Å²) >= 11 is 0. The summed E-state index contributed by atoms with van der Waals surface area (Å²) in [5.74, 6) is 0.176. The van der Waals surface area contributed by atoms with Gasteiger partial charge in [0.1, 0.15) is 5.75 Å². The molecule has 0 unspecified atom stereocenters. The molecule has 0 saturated heterocycles. The molecule has 1 aliphatic carbocycles. The average Bonchev–Trinajstić information content (AvgIpc) is 2.88. The standard InChI is InChI=1S/C32H27NO3/c1-32(2)18-24-28-22-13-7-6-10-20(22)16-17-25(28)33-30(29(24)26(34)19-32)23-14-8-9-15-27(23)36-31(35)21-11-4-3-5-12-21/h3-17,30,33H,18-19H2,1-2H3/t30-/m0/s1. The van der Waals surface area contributed by atoms with Crippen molar-refractivity contribution >= 4 is 33.8 Å². The molecule has 36 heavy (non-hydrogen) atoms. The van der Waals surface area contributed by atoms with Crippen molar-refractivity contribution in [2.75, 3.05) is 5.32 Å². The summed E-state index contributed by atoms with van der Waals surface area (Å²) in [5.41, 5.74) is 5.10. The first-order valence-electron chi connectivity index (χ1n) is 12.3. The van der Waals surface area contributed by atoms with Gasteiger partial charge in [-0.15, -0.1) is 0 Å². The van der Waals surface area contributed by atoms with Crippen molar-refractivity contribution in [3.05, 3.63) is 113 Å². The number of allylic oxidation sites excluding steroid dienone is 1. The molecule has 0 radical (unpaired) electrons. The van der Waals surface area contributed by atoms with Crippen molar-refractivity contribution in [1.82, 2.24) is 0 Å². The van der Waals surface area contributed by atoms with Gasteiger partial charge in [-0.3, -0.25) is 4.79 Å². The van der Waals surface area contributed by atoms with E-state index in [0.29, 0.717) is 17.7 Å². The van der Waals surface area contributed by atoms with E-state index in [1.54, 1.807) is 18.2 Å². The van der Waals surface area contributed by atoms with E-state index in [9.17, 15) is 9.59 Å². The van der Waals surface area contributed by atoms with Crippen LogP contribution < -0.4 is 10.1 Å². The van der Waals surface area contributed by atoms with Crippen LogP contribution >= 0.6 is 0 Å². The van der Waals surface area contributed by atoms with E-state index in [4.69, 9.17) is 4.74 Å². The minimum Gasteiger partial charge on any atom is -0.423 e. The highest BCUT2D eigenvalue weighted by Gasteiger charge is 2.41. The summed E-state index contributed by atoms with van der Waals surface area (Å²) in [6, 6.07) is 28.6. The lowest BCUT2D eigenvalue weighted by atomic mass is 9.68. The molecule has 1 aliphatic heterocycles. The molecule has 0 bridgehead atoms. The molecule has 1 heterocycles.